The van der Waals surface area contributed by atoms with E-state index in [1.807, 2.05) is 0 Å². The third kappa shape index (κ3) is 3.31. The minimum atomic E-state index is -4.57. The van der Waals surface area contributed by atoms with Gasteiger partial charge in [-0.3, -0.25) is 0 Å². The van der Waals surface area contributed by atoms with Crippen molar-refractivity contribution in [3.8, 4) is 11.6 Å². The number of nitrogens with zero attached hydrogens (tertiary/aromatic N) is 1. The number of carboxylic acids is 1. The molecule has 0 aliphatic carbocycles. The van der Waals surface area contributed by atoms with Crippen LogP contribution in [0, 0.1) is 6.92 Å². The van der Waals surface area contributed by atoms with Crippen LogP contribution in [0.1, 0.15) is 21.6 Å². The lowest BCUT2D eigenvalue weighted by Gasteiger charge is -2.11. The van der Waals surface area contributed by atoms with E-state index in [-0.39, 0.29) is 17.2 Å². The molecule has 1 aromatic heterocycles. The van der Waals surface area contributed by atoms with E-state index >= 15 is 0 Å². The number of halogens is 3. The Morgan fingerprint density at radius 2 is 1.86 bits per heavy atom. The summed E-state index contributed by atoms with van der Waals surface area (Å²) < 4.78 is 42.9. The fourth-order valence-corrected chi connectivity index (χ4v) is 1.70. The van der Waals surface area contributed by atoms with Crippen molar-refractivity contribution in [2.24, 2.45) is 0 Å². The molecule has 0 saturated carbocycles. The number of pyridine rings is 1. The SMILES string of the molecule is Cc1c(Oc2cccc(C(F)(F)F)n2)cccc1C(=O)O. The van der Waals surface area contributed by atoms with E-state index in [1.165, 1.54) is 37.3 Å². The van der Waals surface area contributed by atoms with Gasteiger partial charge in [0.15, 0.2) is 0 Å². The van der Waals surface area contributed by atoms with Gasteiger partial charge in [-0.1, -0.05) is 12.1 Å². The van der Waals surface area contributed by atoms with Crippen molar-refractivity contribution >= 4 is 5.97 Å². The third-order valence-corrected chi connectivity index (χ3v) is 2.74. The summed E-state index contributed by atoms with van der Waals surface area (Å²) in [7, 11) is 0. The van der Waals surface area contributed by atoms with Gasteiger partial charge in [0.25, 0.3) is 0 Å². The van der Waals surface area contributed by atoms with Gasteiger partial charge in [-0.15, -0.1) is 0 Å². The predicted molar refractivity (Wildman–Crippen MR) is 67.5 cm³/mol. The molecule has 21 heavy (non-hydrogen) atoms. The van der Waals surface area contributed by atoms with Crippen LogP contribution in [0.3, 0.4) is 0 Å². The maximum atomic E-state index is 12.6. The minimum Gasteiger partial charge on any atom is -0.478 e. The molecular formula is C14H10F3NO3. The average Bonchev–Trinajstić information content (AvgIpc) is 2.40. The van der Waals surface area contributed by atoms with E-state index in [4.69, 9.17) is 9.84 Å². The van der Waals surface area contributed by atoms with Gasteiger partial charge in [-0.2, -0.15) is 13.2 Å². The van der Waals surface area contributed by atoms with E-state index in [9.17, 15) is 18.0 Å². The van der Waals surface area contributed by atoms with Crippen LogP contribution in [0.25, 0.3) is 0 Å². The molecule has 0 unspecified atom stereocenters. The number of carbonyl (C=O) groups is 1. The highest BCUT2D eigenvalue weighted by molar-refractivity contribution is 5.90. The van der Waals surface area contributed by atoms with Gasteiger partial charge in [0, 0.05) is 11.6 Å². The summed E-state index contributed by atoms with van der Waals surface area (Å²) in [6.45, 7) is 1.51. The van der Waals surface area contributed by atoms with Crippen LogP contribution >= 0.6 is 0 Å². The lowest BCUT2D eigenvalue weighted by Crippen LogP contribution is -2.08. The molecular weight excluding hydrogens is 287 g/mol. The molecule has 1 N–H and O–H groups in total. The van der Waals surface area contributed by atoms with E-state index in [0.717, 1.165) is 6.07 Å². The zero-order valence-corrected chi connectivity index (χ0v) is 10.8. The van der Waals surface area contributed by atoms with E-state index in [1.54, 1.807) is 0 Å². The van der Waals surface area contributed by atoms with Crippen LogP contribution in [-0.4, -0.2) is 16.1 Å². The van der Waals surface area contributed by atoms with Crippen LogP contribution in [0.2, 0.25) is 0 Å². The molecule has 0 aliphatic heterocycles. The normalized spacial score (nSPS) is 11.2. The first kappa shape index (κ1) is 14.8. The Balaban J connectivity index is 2.35. The Bertz CT molecular complexity index is 683. The van der Waals surface area contributed by atoms with Gasteiger partial charge in [0.05, 0.1) is 5.56 Å². The second kappa shape index (κ2) is 5.43. The van der Waals surface area contributed by atoms with Gasteiger partial charge < -0.3 is 9.84 Å². The highest BCUT2D eigenvalue weighted by atomic mass is 19.4. The highest BCUT2D eigenvalue weighted by Crippen LogP contribution is 2.31. The van der Waals surface area contributed by atoms with E-state index in [2.05, 4.69) is 4.98 Å². The molecule has 0 radical (unpaired) electrons. The molecule has 1 heterocycles. The van der Waals surface area contributed by atoms with Crippen molar-refractivity contribution in [3.05, 3.63) is 53.2 Å². The second-order valence-electron chi connectivity index (χ2n) is 4.19. The van der Waals surface area contributed by atoms with Gasteiger partial charge in [-0.05, 0) is 25.1 Å². The molecule has 7 heteroatoms. The lowest BCUT2D eigenvalue weighted by molar-refractivity contribution is -0.141. The molecule has 0 atom stereocenters. The Labute approximate surface area is 117 Å². The van der Waals surface area contributed by atoms with Crippen LogP contribution in [-0.2, 0) is 6.18 Å². The minimum absolute atomic E-state index is 0.0134. The monoisotopic (exact) mass is 297 g/mol. The molecule has 0 aliphatic rings. The Morgan fingerprint density at radius 3 is 2.48 bits per heavy atom. The van der Waals surface area contributed by atoms with Crippen LogP contribution in [0.5, 0.6) is 11.6 Å². The molecule has 2 rings (SSSR count). The van der Waals surface area contributed by atoms with Crippen LogP contribution in [0.15, 0.2) is 36.4 Å². The number of rotatable bonds is 3. The van der Waals surface area contributed by atoms with Gasteiger partial charge in [0.1, 0.15) is 11.4 Å². The zero-order chi connectivity index (χ0) is 15.6. The summed E-state index contributed by atoms with van der Waals surface area (Å²) in [6, 6.07) is 7.55. The number of benzene rings is 1. The summed E-state index contributed by atoms with van der Waals surface area (Å²) in [5.74, 6) is -1.26. The standard InChI is InChI=1S/C14H10F3NO3/c1-8-9(13(19)20)4-2-5-10(8)21-12-7-3-6-11(18-12)14(15,16)17/h2-7H,1H3,(H,19,20). The first-order valence-electron chi connectivity index (χ1n) is 5.84. The summed E-state index contributed by atoms with van der Waals surface area (Å²) in [5, 5.41) is 8.99. The molecule has 0 fully saturated rings. The summed E-state index contributed by atoms with van der Waals surface area (Å²) >= 11 is 0. The second-order valence-corrected chi connectivity index (χ2v) is 4.19. The highest BCUT2D eigenvalue weighted by Gasteiger charge is 2.32. The lowest BCUT2D eigenvalue weighted by atomic mass is 10.1. The van der Waals surface area contributed by atoms with E-state index in [0.29, 0.717) is 5.56 Å². The molecule has 0 amide bonds. The van der Waals surface area contributed by atoms with Crippen molar-refractivity contribution in [3.63, 3.8) is 0 Å². The Hall–Kier alpha value is -2.57. The van der Waals surface area contributed by atoms with Crippen molar-refractivity contribution in [1.29, 1.82) is 0 Å². The van der Waals surface area contributed by atoms with Gasteiger partial charge in [-0.25, -0.2) is 9.78 Å². The maximum Gasteiger partial charge on any atom is 0.433 e. The topological polar surface area (TPSA) is 59.4 Å². The first-order valence-corrected chi connectivity index (χ1v) is 5.84. The number of aromatic carboxylic acids is 1. The first-order chi connectivity index (χ1) is 9.79. The van der Waals surface area contributed by atoms with Crippen molar-refractivity contribution in [2.45, 2.75) is 13.1 Å². The average molecular weight is 297 g/mol. The van der Waals surface area contributed by atoms with Crippen molar-refractivity contribution in [1.82, 2.24) is 4.98 Å². The van der Waals surface area contributed by atoms with Crippen molar-refractivity contribution in [2.75, 3.05) is 0 Å². The predicted octanol–water partition coefficient (Wildman–Crippen LogP) is 3.90. The molecule has 4 nitrogen and oxygen atoms in total. The molecule has 0 bridgehead atoms. The van der Waals surface area contributed by atoms with Gasteiger partial charge >= 0.3 is 12.1 Å². The number of hydrogen-bond donors (Lipinski definition) is 1. The molecule has 110 valence electrons. The summed E-state index contributed by atoms with van der Waals surface area (Å²) in [6.07, 6.45) is -4.57. The Kier molecular flexibility index (Phi) is 3.84. The van der Waals surface area contributed by atoms with Gasteiger partial charge in [0.2, 0.25) is 5.88 Å². The summed E-state index contributed by atoms with van der Waals surface area (Å²) in [5.41, 5.74) is -0.754. The largest absolute Gasteiger partial charge is 0.478 e. The number of aromatic nitrogens is 1. The quantitative estimate of drug-likeness (QED) is 0.933. The zero-order valence-electron chi connectivity index (χ0n) is 10.8. The fraction of sp³-hybridized carbons (Fsp3) is 0.143. The molecule has 2 aromatic rings. The number of hydrogen-bond acceptors (Lipinski definition) is 3. The van der Waals surface area contributed by atoms with E-state index < -0.39 is 17.8 Å². The molecule has 0 saturated heterocycles. The number of alkyl halides is 3. The van der Waals surface area contributed by atoms with Crippen molar-refractivity contribution < 1.29 is 27.8 Å². The molecule has 1 aromatic carbocycles. The number of carboxylic acid groups (broad SMARTS) is 1. The van der Waals surface area contributed by atoms with Crippen LogP contribution in [0.4, 0.5) is 13.2 Å². The fourth-order valence-electron chi connectivity index (χ4n) is 1.70. The molecule has 0 spiro atoms. The smallest absolute Gasteiger partial charge is 0.433 e. The number of ether oxygens (including phenoxy) is 1. The van der Waals surface area contributed by atoms with Crippen LogP contribution < -0.4 is 4.74 Å². The third-order valence-electron chi connectivity index (χ3n) is 2.74. The maximum absolute atomic E-state index is 12.6. The Morgan fingerprint density at radius 1 is 1.19 bits per heavy atom. The summed E-state index contributed by atoms with van der Waals surface area (Å²) in [4.78, 5) is 14.4.